The fourth-order valence-corrected chi connectivity index (χ4v) is 7.66. The SMILES string of the molecule is C[C@@H]1CN([C@@H](C)CO)C(=O)c2cccc(NS(=O)(=O)c3cccs3)c2O[C@H]1CN(C)S(=O)(=O)c1ccc(Cl)cc1. The third kappa shape index (κ3) is 6.29. The van der Waals surface area contributed by atoms with E-state index in [0.29, 0.717) is 5.02 Å². The van der Waals surface area contributed by atoms with Crippen LogP contribution in [0.2, 0.25) is 5.02 Å². The molecule has 4 rings (SSSR count). The highest BCUT2D eigenvalue weighted by Crippen LogP contribution is 2.36. The van der Waals surface area contributed by atoms with Crippen molar-refractivity contribution in [2.24, 2.45) is 5.92 Å². The van der Waals surface area contributed by atoms with Gasteiger partial charge in [0.15, 0.2) is 5.75 Å². The molecule has 0 aliphatic carbocycles. The van der Waals surface area contributed by atoms with E-state index in [1.54, 1.807) is 25.3 Å². The zero-order chi connectivity index (χ0) is 29.2. The van der Waals surface area contributed by atoms with Gasteiger partial charge in [0, 0.05) is 24.5 Å². The van der Waals surface area contributed by atoms with E-state index in [9.17, 15) is 26.7 Å². The summed E-state index contributed by atoms with van der Waals surface area (Å²) in [7, 11) is -6.49. The van der Waals surface area contributed by atoms with Gasteiger partial charge >= 0.3 is 0 Å². The first kappa shape index (κ1) is 30.3. The summed E-state index contributed by atoms with van der Waals surface area (Å²) in [5.74, 6) is -0.867. The van der Waals surface area contributed by atoms with Crippen LogP contribution in [0.4, 0.5) is 5.69 Å². The van der Waals surface area contributed by atoms with Crippen molar-refractivity contribution in [3.8, 4) is 5.75 Å². The molecule has 1 amide bonds. The largest absolute Gasteiger partial charge is 0.486 e. The average Bonchev–Trinajstić information content (AvgIpc) is 3.47. The number of sulfonamides is 2. The molecule has 0 bridgehead atoms. The number of aliphatic hydroxyl groups excluding tert-OH is 1. The number of aliphatic hydroxyl groups is 1. The second kappa shape index (κ2) is 12.0. The van der Waals surface area contributed by atoms with E-state index in [4.69, 9.17) is 16.3 Å². The number of likely N-dealkylation sites (N-methyl/N-ethyl adjacent to an activating group) is 1. The number of para-hydroxylation sites is 1. The van der Waals surface area contributed by atoms with Gasteiger partial charge in [-0.15, -0.1) is 11.3 Å². The Bertz CT molecular complexity index is 1560. The minimum absolute atomic E-state index is 0.0170. The topological polar surface area (TPSA) is 133 Å². The summed E-state index contributed by atoms with van der Waals surface area (Å²) in [4.78, 5) is 15.2. The molecule has 216 valence electrons. The molecule has 3 aromatic rings. The molecule has 2 aromatic carbocycles. The van der Waals surface area contributed by atoms with Crippen molar-refractivity contribution in [2.45, 2.75) is 35.1 Å². The zero-order valence-electron chi connectivity index (χ0n) is 22.0. The van der Waals surface area contributed by atoms with Crippen LogP contribution in [0.3, 0.4) is 0 Å². The summed E-state index contributed by atoms with van der Waals surface area (Å²) >= 11 is 6.96. The number of amides is 1. The van der Waals surface area contributed by atoms with E-state index in [1.807, 2.05) is 0 Å². The average molecular weight is 628 g/mol. The molecule has 10 nitrogen and oxygen atoms in total. The molecule has 2 N–H and O–H groups in total. The molecule has 0 saturated heterocycles. The lowest BCUT2D eigenvalue weighted by Gasteiger charge is -2.38. The molecular weight excluding hydrogens is 598 g/mol. The van der Waals surface area contributed by atoms with Gasteiger partial charge < -0.3 is 14.7 Å². The van der Waals surface area contributed by atoms with E-state index in [2.05, 4.69) is 4.72 Å². The van der Waals surface area contributed by atoms with Gasteiger partial charge in [-0.25, -0.2) is 16.8 Å². The standard InChI is InChI=1S/C26H30ClN3O7S3/c1-17-14-30(18(2)16-31)26(32)21-6-4-7-22(28-39(33,34)24-8-5-13-38-24)25(21)37-23(17)15-29(3)40(35,36)20-11-9-19(27)10-12-20/h4-13,17-18,23,28,31H,14-16H2,1-3H3/t17-,18+,23+/m1/s1. The van der Waals surface area contributed by atoms with E-state index < -0.39 is 44.0 Å². The molecule has 0 fully saturated rings. The van der Waals surface area contributed by atoms with Gasteiger partial charge in [-0.1, -0.05) is 30.7 Å². The summed E-state index contributed by atoms with van der Waals surface area (Å²) in [6.07, 6.45) is -0.792. The maximum atomic E-state index is 13.6. The number of fused-ring (bicyclic) bond motifs is 1. The summed E-state index contributed by atoms with van der Waals surface area (Å²) < 4.78 is 62.8. The molecule has 3 atom stereocenters. The summed E-state index contributed by atoms with van der Waals surface area (Å²) in [6, 6.07) is 12.8. The number of carbonyl (C=O) groups excluding carboxylic acids is 1. The molecule has 0 radical (unpaired) electrons. The summed E-state index contributed by atoms with van der Waals surface area (Å²) in [5.41, 5.74) is 0.130. The number of thiophene rings is 1. The molecule has 40 heavy (non-hydrogen) atoms. The molecule has 2 heterocycles. The molecule has 1 aromatic heterocycles. The minimum Gasteiger partial charge on any atom is -0.486 e. The number of nitrogens with one attached hydrogen (secondary N) is 1. The van der Waals surface area contributed by atoms with Gasteiger partial charge in [-0.3, -0.25) is 9.52 Å². The number of hydrogen-bond acceptors (Lipinski definition) is 8. The number of halogens is 1. The predicted octanol–water partition coefficient (Wildman–Crippen LogP) is 3.74. The van der Waals surface area contributed by atoms with Gasteiger partial charge in [-0.05, 0) is 54.8 Å². The number of rotatable bonds is 9. The number of nitrogens with zero attached hydrogens (tertiary/aromatic N) is 2. The second-order valence-electron chi connectivity index (χ2n) is 9.58. The van der Waals surface area contributed by atoms with Crippen molar-refractivity contribution in [1.82, 2.24) is 9.21 Å². The molecule has 0 unspecified atom stereocenters. The highest BCUT2D eigenvalue weighted by molar-refractivity contribution is 7.94. The Hall–Kier alpha value is -2.68. The summed E-state index contributed by atoms with van der Waals surface area (Å²) in [5, 5.41) is 11.9. The second-order valence-corrected chi connectivity index (χ2v) is 14.9. The van der Waals surface area contributed by atoms with Crippen LogP contribution in [0.25, 0.3) is 0 Å². The lowest BCUT2D eigenvalue weighted by Crippen LogP contribution is -2.50. The first-order valence-corrected chi connectivity index (χ1v) is 16.5. The third-order valence-electron chi connectivity index (χ3n) is 6.65. The van der Waals surface area contributed by atoms with Crippen molar-refractivity contribution >= 4 is 54.6 Å². The smallest absolute Gasteiger partial charge is 0.271 e. The maximum Gasteiger partial charge on any atom is 0.271 e. The van der Waals surface area contributed by atoms with Crippen LogP contribution in [0.15, 0.2) is 69.1 Å². The number of hydrogen-bond donors (Lipinski definition) is 2. The van der Waals surface area contributed by atoms with Crippen LogP contribution >= 0.6 is 22.9 Å². The Kier molecular flexibility index (Phi) is 9.12. The number of benzene rings is 2. The molecule has 0 spiro atoms. The quantitative estimate of drug-likeness (QED) is 0.369. The van der Waals surface area contributed by atoms with Crippen LogP contribution in [0, 0.1) is 5.92 Å². The van der Waals surface area contributed by atoms with Gasteiger partial charge in [0.1, 0.15) is 10.3 Å². The monoisotopic (exact) mass is 627 g/mol. The van der Waals surface area contributed by atoms with Crippen molar-refractivity contribution in [3.63, 3.8) is 0 Å². The number of ether oxygens (including phenoxy) is 1. The van der Waals surface area contributed by atoms with Crippen LogP contribution in [0.5, 0.6) is 5.75 Å². The zero-order valence-corrected chi connectivity index (χ0v) is 25.2. The molecular formula is C26H30ClN3O7S3. The Morgan fingerprint density at radius 1 is 1.15 bits per heavy atom. The highest BCUT2D eigenvalue weighted by Gasteiger charge is 2.36. The van der Waals surface area contributed by atoms with E-state index in [0.717, 1.165) is 15.6 Å². The summed E-state index contributed by atoms with van der Waals surface area (Å²) in [6.45, 7) is 3.27. The molecule has 1 aliphatic heterocycles. The third-order valence-corrected chi connectivity index (χ3v) is 11.5. The van der Waals surface area contributed by atoms with Crippen molar-refractivity contribution in [3.05, 3.63) is 70.6 Å². The Balaban J connectivity index is 1.75. The van der Waals surface area contributed by atoms with Gasteiger partial charge in [-0.2, -0.15) is 4.31 Å². The van der Waals surface area contributed by atoms with Crippen molar-refractivity contribution < 1.29 is 31.5 Å². The lowest BCUT2D eigenvalue weighted by atomic mass is 9.99. The van der Waals surface area contributed by atoms with Gasteiger partial charge in [0.05, 0.1) is 35.3 Å². The van der Waals surface area contributed by atoms with E-state index >= 15 is 0 Å². The van der Waals surface area contributed by atoms with Crippen molar-refractivity contribution in [2.75, 3.05) is 31.5 Å². The maximum absolute atomic E-state index is 13.6. The lowest BCUT2D eigenvalue weighted by molar-refractivity contribution is 0.0389. The van der Waals surface area contributed by atoms with Crippen molar-refractivity contribution in [1.29, 1.82) is 0 Å². The first-order valence-electron chi connectivity index (χ1n) is 12.3. The number of carbonyl (C=O) groups is 1. The molecule has 1 aliphatic rings. The van der Waals surface area contributed by atoms with Crippen LogP contribution in [0.1, 0.15) is 24.2 Å². The molecule has 14 heteroatoms. The predicted molar refractivity (Wildman–Crippen MR) is 154 cm³/mol. The first-order chi connectivity index (χ1) is 18.8. The Labute approximate surface area is 243 Å². The fraction of sp³-hybridized carbons (Fsp3) is 0.346. The number of anilines is 1. The minimum atomic E-state index is -3.99. The van der Waals surface area contributed by atoms with Crippen LogP contribution < -0.4 is 9.46 Å². The van der Waals surface area contributed by atoms with Gasteiger partial charge in [0.25, 0.3) is 15.9 Å². The van der Waals surface area contributed by atoms with Crippen LogP contribution in [-0.2, 0) is 20.0 Å². The highest BCUT2D eigenvalue weighted by atomic mass is 35.5. The normalized spacial score (nSPS) is 18.9. The molecule has 0 saturated carbocycles. The fourth-order valence-electron chi connectivity index (χ4n) is 4.29. The van der Waals surface area contributed by atoms with E-state index in [-0.39, 0.29) is 45.8 Å². The Morgan fingerprint density at radius 3 is 2.48 bits per heavy atom. The van der Waals surface area contributed by atoms with Gasteiger partial charge in [0.2, 0.25) is 10.0 Å². The Morgan fingerprint density at radius 2 is 1.85 bits per heavy atom. The van der Waals surface area contributed by atoms with E-state index in [1.165, 1.54) is 60.5 Å². The van der Waals surface area contributed by atoms with Crippen LogP contribution in [-0.4, -0.2) is 75.9 Å².